The Balaban J connectivity index is -0.000000845. The minimum Gasteiger partial charge on any atom is -0.480 e. The molecule has 10 heteroatoms. The Bertz CT molecular complexity index is 199. The molecule has 0 rings (SSSR count). The lowest BCUT2D eigenvalue weighted by molar-refractivity contribution is -0.138. The highest BCUT2D eigenvalue weighted by Gasteiger charge is 2.14. The summed E-state index contributed by atoms with van der Waals surface area (Å²) in [6.45, 7) is 0. The number of carboxylic acid groups (broad SMARTS) is 2. The Morgan fingerprint density at radius 3 is 1.44 bits per heavy atom. The molecule has 0 saturated heterocycles. The molecule has 0 aromatic carbocycles. The van der Waals surface area contributed by atoms with Crippen LogP contribution in [0.25, 0.3) is 0 Å². The van der Waals surface area contributed by atoms with Crippen LogP contribution in [0, 0.1) is 0 Å². The average molecular weight is 295 g/mol. The van der Waals surface area contributed by atoms with E-state index in [0.717, 1.165) is 0 Å². The number of hydrogen-bond acceptors (Lipinski definition) is 6. The van der Waals surface area contributed by atoms with Gasteiger partial charge in [-0.15, -0.1) is 12.4 Å². The molecule has 2 atom stereocenters. The fourth-order valence-corrected chi connectivity index (χ4v) is 2.61. The van der Waals surface area contributed by atoms with Crippen LogP contribution < -0.4 is 11.5 Å². The third-order valence-electron chi connectivity index (χ3n) is 1.21. The number of aliphatic carboxylic acids is 2. The molecular weight excluding hydrogens is 280 g/mol. The van der Waals surface area contributed by atoms with E-state index in [1.807, 2.05) is 0 Å². The summed E-state index contributed by atoms with van der Waals surface area (Å²) in [6, 6.07) is -1.85. The van der Waals surface area contributed by atoms with Gasteiger partial charge < -0.3 is 27.2 Å². The maximum atomic E-state index is 10.3. The number of nitrogens with two attached hydrogens (primary N) is 2. The predicted octanol–water partition coefficient (Wildman–Crippen LogP) is -1.21. The van der Waals surface area contributed by atoms with Gasteiger partial charge in [-0.05, 0) is 0 Å². The van der Waals surface area contributed by atoms with Gasteiger partial charge >= 0.3 is 11.9 Å². The molecule has 0 amide bonds. The fourth-order valence-electron chi connectivity index (χ4n) is 0.385. The van der Waals surface area contributed by atoms with Crippen LogP contribution in [0.15, 0.2) is 0 Å². The first-order valence-corrected chi connectivity index (χ1v) is 6.15. The highest BCUT2D eigenvalue weighted by atomic mass is 35.5. The molecule has 0 radical (unpaired) electrons. The number of hydrogen-bond donors (Lipinski definition) is 4. The molecule has 0 unspecified atom stereocenters. The molecule has 0 aromatic heterocycles. The molecule has 0 bridgehead atoms. The third-order valence-corrected chi connectivity index (χ3v) is 3.69. The monoisotopic (exact) mass is 294 g/mol. The first kappa shape index (κ1) is 21.1. The molecule has 7 nitrogen and oxygen atoms in total. The molecule has 0 spiro atoms. The quantitative estimate of drug-likeness (QED) is 0.336. The maximum Gasteiger partial charge on any atom is 0.321 e. The summed E-state index contributed by atoms with van der Waals surface area (Å²) in [5.41, 5.74) is 10.4. The SMILES string of the molecule is Cl.N[C@@H](CSSC[C@H](N)C(=O)O)C(=O)O.O. The molecule has 98 valence electrons. The number of rotatable bonds is 7. The van der Waals surface area contributed by atoms with E-state index in [4.69, 9.17) is 21.7 Å². The smallest absolute Gasteiger partial charge is 0.321 e. The van der Waals surface area contributed by atoms with Gasteiger partial charge in [0, 0.05) is 11.5 Å². The van der Waals surface area contributed by atoms with E-state index in [2.05, 4.69) is 0 Å². The van der Waals surface area contributed by atoms with Gasteiger partial charge in [-0.3, -0.25) is 9.59 Å². The van der Waals surface area contributed by atoms with Gasteiger partial charge in [-0.2, -0.15) is 0 Å². The lowest BCUT2D eigenvalue weighted by Gasteiger charge is -2.07. The largest absolute Gasteiger partial charge is 0.480 e. The number of carbonyl (C=O) groups is 2. The standard InChI is InChI=1S/C6H12N2O4S2.ClH.H2O/c7-3(5(9)10)1-13-14-2-4(8)6(11)12;;/h3-4H,1-2,7-8H2,(H,9,10)(H,11,12);1H;1H2/t3-,4-;;/m0../s1. The minimum atomic E-state index is -1.07. The van der Waals surface area contributed by atoms with Gasteiger partial charge in [0.15, 0.2) is 0 Å². The fraction of sp³-hybridized carbons (Fsp3) is 0.667. The van der Waals surface area contributed by atoms with Crippen molar-refractivity contribution in [2.45, 2.75) is 12.1 Å². The third kappa shape index (κ3) is 10.3. The molecule has 0 aliphatic carbocycles. The Labute approximate surface area is 106 Å². The molecule has 16 heavy (non-hydrogen) atoms. The van der Waals surface area contributed by atoms with Gasteiger partial charge in [0.05, 0.1) is 0 Å². The Kier molecular flexibility index (Phi) is 14.9. The van der Waals surface area contributed by atoms with Crippen molar-refractivity contribution >= 4 is 45.9 Å². The Morgan fingerprint density at radius 1 is 1.00 bits per heavy atom. The normalized spacial score (nSPS) is 12.9. The molecule has 0 aliphatic rings. The molecule has 8 N–H and O–H groups in total. The van der Waals surface area contributed by atoms with Crippen LogP contribution in [0.1, 0.15) is 0 Å². The van der Waals surface area contributed by atoms with E-state index in [1.165, 1.54) is 21.6 Å². The average Bonchev–Trinajstić information content (AvgIpc) is 2.11. The summed E-state index contributed by atoms with van der Waals surface area (Å²) in [5.74, 6) is -1.68. The van der Waals surface area contributed by atoms with Crippen molar-refractivity contribution in [1.82, 2.24) is 0 Å². The van der Waals surface area contributed by atoms with Crippen molar-refractivity contribution in [1.29, 1.82) is 0 Å². The number of halogens is 1. The summed E-state index contributed by atoms with van der Waals surface area (Å²) < 4.78 is 0. The second kappa shape index (κ2) is 11.3. The van der Waals surface area contributed by atoms with Gasteiger partial charge in [-0.25, -0.2) is 0 Å². The van der Waals surface area contributed by atoms with Crippen molar-refractivity contribution in [3.8, 4) is 0 Å². The summed E-state index contributed by atoms with van der Waals surface area (Å²) in [4.78, 5) is 20.5. The second-order valence-corrected chi connectivity index (χ2v) is 5.01. The van der Waals surface area contributed by atoms with Gasteiger partial charge in [0.2, 0.25) is 0 Å². The topological polar surface area (TPSA) is 158 Å². The predicted molar refractivity (Wildman–Crippen MR) is 67.0 cm³/mol. The maximum absolute atomic E-state index is 10.3. The zero-order valence-electron chi connectivity index (χ0n) is 8.16. The Hall–Kier alpha value is -0.190. The van der Waals surface area contributed by atoms with Crippen molar-refractivity contribution < 1.29 is 25.3 Å². The molecule has 0 heterocycles. The molecule has 0 aromatic rings. The zero-order chi connectivity index (χ0) is 11.1. The van der Waals surface area contributed by atoms with Crippen LogP contribution >= 0.6 is 34.0 Å². The minimum absolute atomic E-state index is 0. The van der Waals surface area contributed by atoms with E-state index in [1.54, 1.807) is 0 Å². The molecule has 0 aliphatic heterocycles. The van der Waals surface area contributed by atoms with Gasteiger partial charge in [0.1, 0.15) is 12.1 Å². The number of carboxylic acids is 2. The summed E-state index contributed by atoms with van der Waals surface area (Å²) in [5, 5.41) is 16.8. The first-order valence-electron chi connectivity index (χ1n) is 3.66. The molecule has 0 fully saturated rings. The van der Waals surface area contributed by atoms with Crippen molar-refractivity contribution in [2.24, 2.45) is 11.5 Å². The van der Waals surface area contributed by atoms with Crippen LogP contribution in [-0.4, -0.2) is 51.2 Å². The van der Waals surface area contributed by atoms with E-state index >= 15 is 0 Å². The van der Waals surface area contributed by atoms with Crippen LogP contribution in [0.3, 0.4) is 0 Å². The van der Waals surface area contributed by atoms with Crippen molar-refractivity contribution in [3.05, 3.63) is 0 Å². The van der Waals surface area contributed by atoms with Crippen LogP contribution in [0.5, 0.6) is 0 Å². The first-order chi connectivity index (χ1) is 6.45. The van der Waals surface area contributed by atoms with E-state index in [-0.39, 0.29) is 29.4 Å². The van der Waals surface area contributed by atoms with E-state index in [9.17, 15) is 9.59 Å². The summed E-state index contributed by atoms with van der Waals surface area (Å²) in [7, 11) is 2.41. The molecule has 0 saturated carbocycles. The highest BCUT2D eigenvalue weighted by molar-refractivity contribution is 8.76. The van der Waals surface area contributed by atoms with Gasteiger partial charge in [0.25, 0.3) is 0 Å². The zero-order valence-corrected chi connectivity index (χ0v) is 10.6. The van der Waals surface area contributed by atoms with Crippen molar-refractivity contribution in [2.75, 3.05) is 11.5 Å². The van der Waals surface area contributed by atoms with Gasteiger partial charge in [-0.1, -0.05) is 21.6 Å². The van der Waals surface area contributed by atoms with Crippen LogP contribution in [0.2, 0.25) is 0 Å². The second-order valence-electron chi connectivity index (χ2n) is 2.46. The van der Waals surface area contributed by atoms with Crippen LogP contribution in [0.4, 0.5) is 0 Å². The Morgan fingerprint density at radius 2 is 1.25 bits per heavy atom. The van der Waals surface area contributed by atoms with E-state index < -0.39 is 24.0 Å². The van der Waals surface area contributed by atoms with E-state index in [0.29, 0.717) is 0 Å². The lowest BCUT2D eigenvalue weighted by atomic mass is 10.4. The summed E-state index contributed by atoms with van der Waals surface area (Å²) in [6.07, 6.45) is 0. The molecular formula is C6H15ClN2O5S2. The highest BCUT2D eigenvalue weighted by Crippen LogP contribution is 2.22. The lowest BCUT2D eigenvalue weighted by Crippen LogP contribution is -2.33. The van der Waals surface area contributed by atoms with Crippen LogP contribution in [-0.2, 0) is 9.59 Å². The summed E-state index contributed by atoms with van der Waals surface area (Å²) >= 11 is 0. The van der Waals surface area contributed by atoms with Crippen molar-refractivity contribution in [3.63, 3.8) is 0 Å².